The van der Waals surface area contributed by atoms with Gasteiger partial charge in [0.15, 0.2) is 5.82 Å². The Balaban J connectivity index is 1.27. The Morgan fingerprint density at radius 1 is 0.966 bits per heavy atom. The van der Waals surface area contributed by atoms with Gasteiger partial charge >= 0.3 is 0 Å². The summed E-state index contributed by atoms with van der Waals surface area (Å²) in [5, 5.41) is 12.7. The van der Waals surface area contributed by atoms with Gasteiger partial charge in [0.25, 0.3) is 0 Å². The van der Waals surface area contributed by atoms with Crippen LogP contribution in [0.4, 0.5) is 5.82 Å². The number of carbonyl (C=O) groups excluding carboxylic acids is 1. The zero-order valence-electron chi connectivity index (χ0n) is 16.1. The normalized spacial score (nSPS) is 13.5. The summed E-state index contributed by atoms with van der Waals surface area (Å²) in [6.07, 6.45) is 0.330. The number of nitrogens with zero attached hydrogens (tertiary/aromatic N) is 2. The Morgan fingerprint density at radius 2 is 1.76 bits per heavy atom. The number of hydrogen-bond donors (Lipinski definition) is 2. The SMILES string of the molecule is O=C(Cc1cccc2ccccc12)Nc1n[nH]c2c1CN(Cc1ccccc1)C2. The summed E-state index contributed by atoms with van der Waals surface area (Å²) in [7, 11) is 0. The number of anilines is 1. The van der Waals surface area contributed by atoms with Gasteiger partial charge in [-0.15, -0.1) is 0 Å². The first-order valence-corrected chi connectivity index (χ1v) is 9.85. The highest BCUT2D eigenvalue weighted by Gasteiger charge is 2.25. The van der Waals surface area contributed by atoms with Crippen molar-refractivity contribution >= 4 is 22.5 Å². The molecular weight excluding hydrogens is 360 g/mol. The highest BCUT2D eigenvalue weighted by molar-refractivity contribution is 5.96. The van der Waals surface area contributed by atoms with Crippen LogP contribution in [-0.4, -0.2) is 21.0 Å². The van der Waals surface area contributed by atoms with E-state index in [2.05, 4.69) is 62.9 Å². The molecule has 2 N–H and O–H groups in total. The smallest absolute Gasteiger partial charge is 0.230 e. The molecule has 1 amide bonds. The quantitative estimate of drug-likeness (QED) is 0.542. The Labute approximate surface area is 169 Å². The molecule has 0 atom stereocenters. The number of benzene rings is 3. The largest absolute Gasteiger partial charge is 0.309 e. The van der Waals surface area contributed by atoms with Gasteiger partial charge in [-0.05, 0) is 21.9 Å². The number of hydrogen-bond acceptors (Lipinski definition) is 3. The highest BCUT2D eigenvalue weighted by atomic mass is 16.1. The number of amides is 1. The number of fused-ring (bicyclic) bond motifs is 2. The number of H-pyrrole nitrogens is 1. The lowest BCUT2D eigenvalue weighted by Crippen LogP contribution is -2.18. The maximum absolute atomic E-state index is 12.7. The number of rotatable bonds is 5. The summed E-state index contributed by atoms with van der Waals surface area (Å²) in [5.41, 5.74) is 4.49. The van der Waals surface area contributed by atoms with Gasteiger partial charge < -0.3 is 5.32 Å². The first-order chi connectivity index (χ1) is 14.3. The molecule has 0 saturated heterocycles. The van der Waals surface area contributed by atoms with Crippen LogP contribution in [0.5, 0.6) is 0 Å². The van der Waals surface area contributed by atoms with Crippen LogP contribution in [-0.2, 0) is 30.8 Å². The minimum Gasteiger partial charge on any atom is -0.309 e. The van der Waals surface area contributed by atoms with Crippen molar-refractivity contribution in [1.29, 1.82) is 0 Å². The van der Waals surface area contributed by atoms with E-state index in [0.717, 1.165) is 47.2 Å². The summed E-state index contributed by atoms with van der Waals surface area (Å²) < 4.78 is 0. The molecule has 3 aromatic carbocycles. The fourth-order valence-electron chi connectivity index (χ4n) is 4.06. The molecule has 2 heterocycles. The summed E-state index contributed by atoms with van der Waals surface area (Å²) in [4.78, 5) is 15.1. The summed E-state index contributed by atoms with van der Waals surface area (Å²) >= 11 is 0. The Bertz CT molecular complexity index is 1160. The maximum Gasteiger partial charge on any atom is 0.230 e. The van der Waals surface area contributed by atoms with E-state index in [9.17, 15) is 4.79 Å². The summed E-state index contributed by atoms with van der Waals surface area (Å²) in [6, 6.07) is 24.7. The molecule has 29 heavy (non-hydrogen) atoms. The number of aromatic amines is 1. The third-order valence-corrected chi connectivity index (χ3v) is 5.45. The van der Waals surface area contributed by atoms with Crippen LogP contribution in [0.3, 0.4) is 0 Å². The second-order valence-corrected chi connectivity index (χ2v) is 7.52. The zero-order chi connectivity index (χ0) is 19.6. The first kappa shape index (κ1) is 17.6. The molecule has 1 aliphatic rings. The molecule has 0 unspecified atom stereocenters. The molecule has 144 valence electrons. The lowest BCUT2D eigenvalue weighted by atomic mass is 10.0. The second-order valence-electron chi connectivity index (χ2n) is 7.52. The van der Waals surface area contributed by atoms with E-state index < -0.39 is 0 Å². The van der Waals surface area contributed by atoms with Crippen LogP contribution in [0, 0.1) is 0 Å². The fourth-order valence-corrected chi connectivity index (χ4v) is 4.06. The number of aromatic nitrogens is 2. The summed E-state index contributed by atoms with van der Waals surface area (Å²) in [5.74, 6) is 0.609. The average Bonchev–Trinajstić information content (AvgIpc) is 3.30. The van der Waals surface area contributed by atoms with Crippen molar-refractivity contribution in [2.24, 2.45) is 0 Å². The van der Waals surface area contributed by atoms with E-state index in [1.165, 1.54) is 5.56 Å². The molecule has 0 fully saturated rings. The Hall–Kier alpha value is -3.44. The van der Waals surface area contributed by atoms with Crippen molar-refractivity contribution in [1.82, 2.24) is 15.1 Å². The number of nitrogens with one attached hydrogen (secondary N) is 2. The molecule has 5 nitrogen and oxygen atoms in total. The maximum atomic E-state index is 12.7. The second kappa shape index (κ2) is 7.53. The molecule has 4 aromatic rings. The lowest BCUT2D eigenvalue weighted by molar-refractivity contribution is -0.115. The van der Waals surface area contributed by atoms with E-state index >= 15 is 0 Å². The van der Waals surface area contributed by atoms with Gasteiger partial charge in [-0.25, -0.2) is 0 Å². The molecular formula is C24H22N4O. The minimum atomic E-state index is -0.0443. The average molecular weight is 382 g/mol. The van der Waals surface area contributed by atoms with Gasteiger partial charge in [-0.2, -0.15) is 5.10 Å². The van der Waals surface area contributed by atoms with Crippen LogP contribution in [0.2, 0.25) is 0 Å². The van der Waals surface area contributed by atoms with E-state index in [1.54, 1.807) is 0 Å². The lowest BCUT2D eigenvalue weighted by Gasteiger charge is -2.15. The fraction of sp³-hybridized carbons (Fsp3) is 0.167. The predicted octanol–water partition coefficient (Wildman–Crippen LogP) is 4.26. The van der Waals surface area contributed by atoms with Crippen LogP contribution in [0.25, 0.3) is 10.8 Å². The van der Waals surface area contributed by atoms with E-state index in [1.807, 2.05) is 30.3 Å². The van der Waals surface area contributed by atoms with Gasteiger partial charge in [0.05, 0.1) is 12.1 Å². The third-order valence-electron chi connectivity index (χ3n) is 5.45. The molecule has 5 heteroatoms. The molecule has 0 saturated carbocycles. The molecule has 0 radical (unpaired) electrons. The van der Waals surface area contributed by atoms with Crippen molar-refractivity contribution in [2.75, 3.05) is 5.32 Å². The van der Waals surface area contributed by atoms with Crippen molar-refractivity contribution in [2.45, 2.75) is 26.1 Å². The molecule has 0 aliphatic carbocycles. The summed E-state index contributed by atoms with van der Waals surface area (Å²) in [6.45, 7) is 2.48. The van der Waals surface area contributed by atoms with Crippen LogP contribution in [0.1, 0.15) is 22.4 Å². The molecule has 0 spiro atoms. The monoisotopic (exact) mass is 382 g/mol. The van der Waals surface area contributed by atoms with E-state index in [0.29, 0.717) is 12.2 Å². The van der Waals surface area contributed by atoms with Crippen LogP contribution in [0.15, 0.2) is 72.8 Å². The van der Waals surface area contributed by atoms with Crippen LogP contribution >= 0.6 is 0 Å². The van der Waals surface area contributed by atoms with Crippen molar-refractivity contribution in [3.05, 3.63) is 95.2 Å². The van der Waals surface area contributed by atoms with E-state index in [4.69, 9.17) is 0 Å². The zero-order valence-corrected chi connectivity index (χ0v) is 16.1. The predicted molar refractivity (Wildman–Crippen MR) is 114 cm³/mol. The first-order valence-electron chi connectivity index (χ1n) is 9.85. The molecule has 1 aromatic heterocycles. The van der Waals surface area contributed by atoms with Gasteiger partial charge in [-0.3, -0.25) is 14.8 Å². The molecule has 5 rings (SSSR count). The van der Waals surface area contributed by atoms with E-state index in [-0.39, 0.29) is 5.91 Å². The topological polar surface area (TPSA) is 61.0 Å². The van der Waals surface area contributed by atoms with Crippen LogP contribution < -0.4 is 5.32 Å². The third kappa shape index (κ3) is 3.65. The van der Waals surface area contributed by atoms with Crippen molar-refractivity contribution in [3.8, 4) is 0 Å². The minimum absolute atomic E-state index is 0.0443. The van der Waals surface area contributed by atoms with Gasteiger partial charge in [0.1, 0.15) is 0 Å². The number of carbonyl (C=O) groups is 1. The Kier molecular flexibility index (Phi) is 4.58. The van der Waals surface area contributed by atoms with Crippen molar-refractivity contribution < 1.29 is 4.79 Å². The standard InChI is InChI=1S/C24H22N4O/c29-23(13-19-11-6-10-18-9-4-5-12-20(18)19)25-24-21-15-28(16-22(21)26-27-24)14-17-7-2-1-3-8-17/h1-12H,13-16H2,(H2,25,26,27,29). The van der Waals surface area contributed by atoms with Crippen molar-refractivity contribution in [3.63, 3.8) is 0 Å². The highest BCUT2D eigenvalue weighted by Crippen LogP contribution is 2.28. The Morgan fingerprint density at radius 3 is 2.66 bits per heavy atom. The van der Waals surface area contributed by atoms with Gasteiger partial charge in [0, 0.05) is 25.2 Å². The molecule has 1 aliphatic heterocycles. The van der Waals surface area contributed by atoms with Gasteiger partial charge in [0.2, 0.25) is 5.91 Å². The molecule has 0 bridgehead atoms. The van der Waals surface area contributed by atoms with Gasteiger partial charge in [-0.1, -0.05) is 72.8 Å².